The second kappa shape index (κ2) is 8.72. The van der Waals surface area contributed by atoms with Gasteiger partial charge < -0.3 is 10.3 Å². The third kappa shape index (κ3) is 4.76. The summed E-state index contributed by atoms with van der Waals surface area (Å²) in [5.41, 5.74) is 3.17. The molecule has 0 fully saturated rings. The highest BCUT2D eigenvalue weighted by Gasteiger charge is 2.18. The van der Waals surface area contributed by atoms with Crippen molar-refractivity contribution in [3.05, 3.63) is 72.4 Å². The molecule has 3 aromatic rings. The molecule has 3 rings (SSSR count). The lowest BCUT2D eigenvalue weighted by Crippen LogP contribution is -2.32. The molecule has 0 aliphatic carbocycles. The number of rotatable bonds is 7. The number of aromatic amines is 1. The van der Waals surface area contributed by atoms with Crippen molar-refractivity contribution in [3.63, 3.8) is 0 Å². The zero-order chi connectivity index (χ0) is 18.4. The standard InChI is InChI=1S/C21H23N3OS/c1-15(2)20(17-11-7-4-8-12-17)24-19(25)14-26-21-22-13-18(23-21)16-9-5-3-6-10-16/h3-13,15,20H,14H2,1-2H3,(H,22,23)(H,24,25)/t20-/m0/s1. The van der Waals surface area contributed by atoms with E-state index in [1.807, 2.05) is 48.5 Å². The molecule has 4 nitrogen and oxygen atoms in total. The van der Waals surface area contributed by atoms with Crippen molar-refractivity contribution in [2.45, 2.75) is 25.0 Å². The Kier molecular flexibility index (Phi) is 6.12. The third-order valence-electron chi connectivity index (χ3n) is 4.12. The van der Waals surface area contributed by atoms with E-state index in [1.54, 1.807) is 6.20 Å². The van der Waals surface area contributed by atoms with Crippen LogP contribution in [0.15, 0.2) is 72.0 Å². The van der Waals surface area contributed by atoms with Gasteiger partial charge in [0.2, 0.25) is 5.91 Å². The predicted octanol–water partition coefficient (Wildman–Crippen LogP) is 4.68. The number of nitrogens with zero attached hydrogens (tertiary/aromatic N) is 1. The fourth-order valence-corrected chi connectivity index (χ4v) is 3.45. The first-order chi connectivity index (χ1) is 12.6. The van der Waals surface area contributed by atoms with Crippen LogP contribution in [-0.4, -0.2) is 21.6 Å². The summed E-state index contributed by atoms with van der Waals surface area (Å²) in [5, 5.41) is 3.89. The summed E-state index contributed by atoms with van der Waals surface area (Å²) in [6, 6.07) is 20.1. The first kappa shape index (κ1) is 18.3. The average molecular weight is 366 g/mol. The highest BCUT2D eigenvalue weighted by molar-refractivity contribution is 7.99. The fourth-order valence-electron chi connectivity index (χ4n) is 2.78. The van der Waals surface area contributed by atoms with Crippen LogP contribution in [0.2, 0.25) is 0 Å². The van der Waals surface area contributed by atoms with Crippen LogP contribution in [-0.2, 0) is 4.79 Å². The Morgan fingerprint density at radius 2 is 1.73 bits per heavy atom. The number of carbonyl (C=O) groups excluding carboxylic acids is 1. The number of hydrogen-bond acceptors (Lipinski definition) is 3. The maximum atomic E-state index is 12.4. The molecule has 134 valence electrons. The number of nitrogens with one attached hydrogen (secondary N) is 2. The molecule has 0 bridgehead atoms. The maximum Gasteiger partial charge on any atom is 0.230 e. The number of imidazole rings is 1. The van der Waals surface area contributed by atoms with Gasteiger partial charge in [0.1, 0.15) is 0 Å². The molecule has 0 aliphatic rings. The molecule has 1 atom stereocenters. The second-order valence-electron chi connectivity index (χ2n) is 6.46. The van der Waals surface area contributed by atoms with Crippen molar-refractivity contribution >= 4 is 17.7 Å². The van der Waals surface area contributed by atoms with Gasteiger partial charge in [0, 0.05) is 0 Å². The van der Waals surface area contributed by atoms with Gasteiger partial charge in [0.15, 0.2) is 5.16 Å². The van der Waals surface area contributed by atoms with E-state index < -0.39 is 0 Å². The summed E-state index contributed by atoms with van der Waals surface area (Å²) in [4.78, 5) is 20.0. The summed E-state index contributed by atoms with van der Waals surface area (Å²) < 4.78 is 0. The number of carbonyl (C=O) groups is 1. The molecule has 0 unspecified atom stereocenters. The van der Waals surface area contributed by atoms with E-state index in [9.17, 15) is 4.79 Å². The van der Waals surface area contributed by atoms with Crippen LogP contribution in [0.1, 0.15) is 25.5 Å². The van der Waals surface area contributed by atoms with E-state index in [-0.39, 0.29) is 11.9 Å². The molecular weight excluding hydrogens is 342 g/mol. The number of aromatic nitrogens is 2. The molecule has 5 heteroatoms. The van der Waals surface area contributed by atoms with E-state index in [2.05, 4.69) is 41.3 Å². The van der Waals surface area contributed by atoms with Gasteiger partial charge in [-0.25, -0.2) is 4.98 Å². The lowest BCUT2D eigenvalue weighted by molar-refractivity contribution is -0.119. The normalized spacial score (nSPS) is 12.1. The Morgan fingerprint density at radius 3 is 2.38 bits per heavy atom. The Morgan fingerprint density at radius 1 is 1.08 bits per heavy atom. The molecule has 0 saturated carbocycles. The van der Waals surface area contributed by atoms with E-state index in [0.29, 0.717) is 11.7 Å². The summed E-state index contributed by atoms with van der Waals surface area (Å²) in [6.45, 7) is 4.23. The number of benzene rings is 2. The minimum Gasteiger partial charge on any atom is -0.348 e. The van der Waals surface area contributed by atoms with Crippen molar-refractivity contribution < 1.29 is 4.79 Å². The van der Waals surface area contributed by atoms with Crippen LogP contribution in [0.4, 0.5) is 0 Å². The maximum absolute atomic E-state index is 12.4. The summed E-state index contributed by atoms with van der Waals surface area (Å²) in [5.74, 6) is 0.660. The Hall–Kier alpha value is -2.53. The van der Waals surface area contributed by atoms with Gasteiger partial charge in [-0.15, -0.1) is 0 Å². The van der Waals surface area contributed by atoms with Gasteiger partial charge in [-0.1, -0.05) is 86.3 Å². The van der Waals surface area contributed by atoms with Crippen molar-refractivity contribution in [2.75, 3.05) is 5.75 Å². The van der Waals surface area contributed by atoms with Crippen molar-refractivity contribution in [2.24, 2.45) is 5.92 Å². The molecule has 0 saturated heterocycles. The topological polar surface area (TPSA) is 57.8 Å². The minimum absolute atomic E-state index is 0.00946. The molecule has 2 aromatic carbocycles. The zero-order valence-corrected chi connectivity index (χ0v) is 15.8. The Balaban J connectivity index is 1.58. The quantitative estimate of drug-likeness (QED) is 0.598. The van der Waals surface area contributed by atoms with Crippen molar-refractivity contribution in [1.29, 1.82) is 0 Å². The smallest absolute Gasteiger partial charge is 0.230 e. The minimum atomic E-state index is 0.00946. The Labute approximate surface area is 158 Å². The van der Waals surface area contributed by atoms with Crippen LogP contribution in [0.5, 0.6) is 0 Å². The van der Waals surface area contributed by atoms with Gasteiger partial charge in [0.25, 0.3) is 0 Å². The van der Waals surface area contributed by atoms with Crippen LogP contribution < -0.4 is 5.32 Å². The van der Waals surface area contributed by atoms with Crippen LogP contribution in [0, 0.1) is 5.92 Å². The summed E-state index contributed by atoms with van der Waals surface area (Å²) in [7, 11) is 0. The molecule has 1 aromatic heterocycles. The molecule has 1 heterocycles. The Bertz CT molecular complexity index is 831. The monoisotopic (exact) mass is 365 g/mol. The van der Waals surface area contributed by atoms with Gasteiger partial charge in [-0.05, 0) is 17.0 Å². The van der Waals surface area contributed by atoms with Gasteiger partial charge in [-0.3, -0.25) is 4.79 Å². The summed E-state index contributed by atoms with van der Waals surface area (Å²) >= 11 is 1.41. The van der Waals surface area contributed by atoms with Gasteiger partial charge in [0.05, 0.1) is 23.7 Å². The van der Waals surface area contributed by atoms with Crippen molar-refractivity contribution in [1.82, 2.24) is 15.3 Å². The van der Waals surface area contributed by atoms with Crippen LogP contribution in [0.3, 0.4) is 0 Å². The zero-order valence-electron chi connectivity index (χ0n) is 15.0. The van der Waals surface area contributed by atoms with E-state index in [1.165, 1.54) is 11.8 Å². The predicted molar refractivity (Wildman–Crippen MR) is 107 cm³/mol. The molecular formula is C21H23N3OS. The fraction of sp³-hybridized carbons (Fsp3) is 0.238. The van der Waals surface area contributed by atoms with E-state index in [0.717, 1.165) is 22.0 Å². The number of hydrogen-bond donors (Lipinski definition) is 2. The average Bonchev–Trinajstić information content (AvgIpc) is 3.15. The van der Waals surface area contributed by atoms with Crippen LogP contribution >= 0.6 is 11.8 Å². The second-order valence-corrected chi connectivity index (χ2v) is 7.42. The summed E-state index contributed by atoms with van der Waals surface area (Å²) in [6.07, 6.45) is 1.80. The molecule has 1 amide bonds. The molecule has 0 radical (unpaired) electrons. The van der Waals surface area contributed by atoms with E-state index in [4.69, 9.17) is 0 Å². The highest BCUT2D eigenvalue weighted by Crippen LogP contribution is 2.23. The van der Waals surface area contributed by atoms with E-state index >= 15 is 0 Å². The SMILES string of the molecule is CC(C)[C@H](NC(=O)CSc1ncc(-c2ccccc2)[nH]1)c1ccccc1. The molecule has 0 spiro atoms. The first-order valence-corrected chi connectivity index (χ1v) is 9.69. The number of amides is 1. The first-order valence-electron chi connectivity index (χ1n) is 8.71. The molecule has 2 N–H and O–H groups in total. The highest BCUT2D eigenvalue weighted by atomic mass is 32.2. The largest absolute Gasteiger partial charge is 0.348 e. The van der Waals surface area contributed by atoms with Crippen molar-refractivity contribution in [3.8, 4) is 11.3 Å². The number of thioether (sulfide) groups is 1. The van der Waals surface area contributed by atoms with Crippen LogP contribution in [0.25, 0.3) is 11.3 Å². The lowest BCUT2D eigenvalue weighted by Gasteiger charge is -2.22. The molecule has 26 heavy (non-hydrogen) atoms. The number of H-pyrrole nitrogens is 1. The van der Waals surface area contributed by atoms with Gasteiger partial charge >= 0.3 is 0 Å². The molecule has 0 aliphatic heterocycles. The third-order valence-corrected chi connectivity index (χ3v) is 5.01. The van der Waals surface area contributed by atoms with Gasteiger partial charge in [-0.2, -0.15) is 0 Å². The lowest BCUT2D eigenvalue weighted by atomic mass is 9.96.